The minimum absolute atomic E-state index is 0.399. The Morgan fingerprint density at radius 2 is 2.00 bits per heavy atom. The summed E-state index contributed by atoms with van der Waals surface area (Å²) >= 11 is 0. The van der Waals surface area contributed by atoms with Crippen molar-refractivity contribution < 1.29 is 17.9 Å². The number of ether oxygens (including phenoxy) is 1. The fourth-order valence-corrected chi connectivity index (χ4v) is 2.37. The highest BCUT2D eigenvalue weighted by Crippen LogP contribution is 2.29. The number of sulfone groups is 1. The zero-order valence-corrected chi connectivity index (χ0v) is 12.7. The van der Waals surface area contributed by atoms with Crippen LogP contribution in [0.1, 0.15) is 24.0 Å². The Bertz CT molecular complexity index is 658. The summed E-state index contributed by atoms with van der Waals surface area (Å²) in [7, 11) is -2.10. The third kappa shape index (κ3) is 3.36. The normalized spacial score (nSPS) is 14.2. The lowest BCUT2D eigenvalue weighted by Gasteiger charge is -2.16. The number of methoxy groups -OCH3 is 1. The molecule has 0 aliphatic heterocycles. The van der Waals surface area contributed by atoms with Crippen molar-refractivity contribution >= 4 is 15.6 Å². The van der Waals surface area contributed by atoms with E-state index in [2.05, 4.69) is 0 Å². The number of nitrogens with zero attached hydrogens (tertiary/aromatic N) is 1. The summed E-state index contributed by atoms with van der Waals surface area (Å²) in [6.45, 7) is 3.12. The van der Waals surface area contributed by atoms with E-state index in [1.54, 1.807) is 18.2 Å². The van der Waals surface area contributed by atoms with E-state index >= 15 is 0 Å². The highest BCUT2D eigenvalue weighted by atomic mass is 32.2. The molecule has 6 heteroatoms. The summed E-state index contributed by atoms with van der Waals surface area (Å²) in [5.41, 5.74) is 1.26. The van der Waals surface area contributed by atoms with Gasteiger partial charge in [-0.05, 0) is 19.9 Å². The Labute approximate surface area is 119 Å². The van der Waals surface area contributed by atoms with Gasteiger partial charge in [0.1, 0.15) is 16.9 Å². The van der Waals surface area contributed by atoms with E-state index in [9.17, 15) is 18.5 Å². The maximum atomic E-state index is 12.2. The fourth-order valence-electron chi connectivity index (χ4n) is 1.81. The first-order valence-electron chi connectivity index (χ1n) is 5.99. The molecule has 0 saturated heterocycles. The molecule has 0 N–H and O–H groups in total. The first-order chi connectivity index (χ1) is 9.22. The molecule has 1 rings (SSSR count). The van der Waals surface area contributed by atoms with Crippen molar-refractivity contribution in [1.29, 1.82) is 5.26 Å². The molecule has 0 aliphatic carbocycles. The van der Waals surface area contributed by atoms with Gasteiger partial charge in [-0.15, -0.1) is 0 Å². The standard InChI is InChI=1S/C14H17NO4S/c1-9-5-6-13(19-3)11(7-9)12(8-15)14(16)10(2)20(4,17)18/h5-7,10,12H,1-4H3. The SMILES string of the molecule is COc1ccc(C)cc1C(C#N)C(=O)C(C)S(C)(=O)=O. The van der Waals surface area contributed by atoms with Crippen LogP contribution >= 0.6 is 0 Å². The van der Waals surface area contributed by atoms with E-state index in [4.69, 9.17) is 4.74 Å². The number of Topliss-reactive ketones (excluding diaryl/α,β-unsaturated/α-hetero) is 1. The van der Waals surface area contributed by atoms with Gasteiger partial charge >= 0.3 is 0 Å². The molecule has 0 aromatic heterocycles. The van der Waals surface area contributed by atoms with E-state index < -0.39 is 26.8 Å². The number of nitriles is 1. The van der Waals surface area contributed by atoms with Crippen molar-refractivity contribution in [2.75, 3.05) is 13.4 Å². The fraction of sp³-hybridized carbons (Fsp3) is 0.429. The smallest absolute Gasteiger partial charge is 0.172 e. The molecule has 0 saturated carbocycles. The summed E-state index contributed by atoms with van der Waals surface area (Å²) in [6.07, 6.45) is 0.984. The number of carbonyl (C=O) groups excluding carboxylic acids is 1. The van der Waals surface area contributed by atoms with E-state index in [1.165, 1.54) is 14.0 Å². The van der Waals surface area contributed by atoms with Crippen molar-refractivity contribution in [3.8, 4) is 11.8 Å². The van der Waals surface area contributed by atoms with Gasteiger partial charge in [-0.2, -0.15) is 5.26 Å². The number of benzene rings is 1. The summed E-state index contributed by atoms with van der Waals surface area (Å²) < 4.78 is 28.1. The second-order valence-corrected chi connectivity index (χ2v) is 7.05. The van der Waals surface area contributed by atoms with Crippen molar-refractivity contribution in [1.82, 2.24) is 0 Å². The maximum Gasteiger partial charge on any atom is 0.172 e. The van der Waals surface area contributed by atoms with Gasteiger partial charge in [-0.1, -0.05) is 17.7 Å². The minimum atomic E-state index is -3.54. The first kappa shape index (κ1) is 16.2. The van der Waals surface area contributed by atoms with Crippen molar-refractivity contribution in [3.63, 3.8) is 0 Å². The molecular weight excluding hydrogens is 278 g/mol. The number of hydrogen-bond donors (Lipinski definition) is 0. The van der Waals surface area contributed by atoms with Crippen LogP contribution in [0.15, 0.2) is 18.2 Å². The van der Waals surface area contributed by atoms with E-state index in [0.717, 1.165) is 11.8 Å². The predicted molar refractivity (Wildman–Crippen MR) is 75.4 cm³/mol. The van der Waals surface area contributed by atoms with Gasteiger partial charge in [-0.25, -0.2) is 8.42 Å². The second kappa shape index (κ2) is 6.06. The lowest BCUT2D eigenvalue weighted by atomic mass is 9.92. The zero-order valence-electron chi connectivity index (χ0n) is 11.9. The predicted octanol–water partition coefficient (Wildman–Crippen LogP) is 1.61. The molecule has 0 heterocycles. The Morgan fingerprint density at radius 1 is 1.40 bits per heavy atom. The molecule has 1 aromatic carbocycles. The molecule has 0 spiro atoms. The second-order valence-electron chi connectivity index (χ2n) is 4.68. The molecule has 0 bridgehead atoms. The number of ketones is 1. The van der Waals surface area contributed by atoms with Gasteiger partial charge in [0.2, 0.25) is 0 Å². The Morgan fingerprint density at radius 3 is 2.45 bits per heavy atom. The highest BCUT2D eigenvalue weighted by Gasteiger charge is 2.33. The van der Waals surface area contributed by atoms with Crippen molar-refractivity contribution in [3.05, 3.63) is 29.3 Å². The first-order valence-corrected chi connectivity index (χ1v) is 7.94. The number of rotatable bonds is 5. The molecule has 1 aromatic rings. The molecule has 2 atom stereocenters. The average Bonchev–Trinajstić information content (AvgIpc) is 2.37. The molecule has 20 heavy (non-hydrogen) atoms. The molecule has 2 unspecified atom stereocenters. The summed E-state index contributed by atoms with van der Waals surface area (Å²) in [4.78, 5) is 12.2. The molecule has 0 amide bonds. The largest absolute Gasteiger partial charge is 0.496 e. The van der Waals surface area contributed by atoms with E-state index in [1.807, 2.05) is 13.0 Å². The van der Waals surface area contributed by atoms with E-state index in [0.29, 0.717) is 11.3 Å². The topological polar surface area (TPSA) is 84.2 Å². The summed E-state index contributed by atoms with van der Waals surface area (Å²) in [6, 6.07) is 7.00. The highest BCUT2D eigenvalue weighted by molar-refractivity contribution is 7.92. The molecule has 0 radical (unpaired) electrons. The van der Waals surface area contributed by atoms with Crippen LogP contribution in [0.4, 0.5) is 0 Å². The molecule has 0 fully saturated rings. The van der Waals surface area contributed by atoms with Crippen LogP contribution < -0.4 is 4.74 Å². The summed E-state index contributed by atoms with van der Waals surface area (Å²) in [5, 5.41) is 8.03. The van der Waals surface area contributed by atoms with Crippen LogP contribution in [0, 0.1) is 18.3 Å². The maximum absolute atomic E-state index is 12.2. The van der Waals surface area contributed by atoms with Crippen molar-refractivity contribution in [2.45, 2.75) is 25.0 Å². The van der Waals surface area contributed by atoms with Gasteiger partial charge in [-0.3, -0.25) is 4.79 Å². The molecule has 108 valence electrons. The van der Waals surface area contributed by atoms with Crippen molar-refractivity contribution in [2.24, 2.45) is 0 Å². The van der Waals surface area contributed by atoms with Crippen LogP contribution in [0.5, 0.6) is 5.75 Å². The number of hydrogen-bond acceptors (Lipinski definition) is 5. The van der Waals surface area contributed by atoms with Crippen LogP contribution in [-0.4, -0.2) is 32.8 Å². The van der Waals surface area contributed by atoms with Gasteiger partial charge in [0.25, 0.3) is 0 Å². The van der Waals surface area contributed by atoms with Gasteiger partial charge in [0.15, 0.2) is 15.6 Å². The Hall–Kier alpha value is -1.87. The number of aryl methyl sites for hydroxylation is 1. The van der Waals surface area contributed by atoms with E-state index in [-0.39, 0.29) is 0 Å². The lowest BCUT2D eigenvalue weighted by Crippen LogP contribution is -2.30. The number of carbonyl (C=O) groups is 1. The minimum Gasteiger partial charge on any atom is -0.496 e. The quantitative estimate of drug-likeness (QED) is 0.824. The Kier molecular flexibility index (Phi) is 4.90. The molecule has 5 nitrogen and oxygen atoms in total. The third-order valence-electron chi connectivity index (χ3n) is 3.15. The van der Waals surface area contributed by atoms with Crippen LogP contribution in [0.3, 0.4) is 0 Å². The Balaban J connectivity index is 3.31. The summed E-state index contributed by atoms with van der Waals surface area (Å²) in [5.74, 6) is -1.40. The zero-order chi connectivity index (χ0) is 15.5. The van der Waals surface area contributed by atoms with Gasteiger partial charge in [0.05, 0.1) is 13.2 Å². The van der Waals surface area contributed by atoms with Gasteiger partial charge in [0, 0.05) is 11.8 Å². The lowest BCUT2D eigenvalue weighted by molar-refractivity contribution is -0.118. The van der Waals surface area contributed by atoms with Crippen LogP contribution in [0.2, 0.25) is 0 Å². The van der Waals surface area contributed by atoms with Crippen LogP contribution in [-0.2, 0) is 14.6 Å². The van der Waals surface area contributed by atoms with Gasteiger partial charge < -0.3 is 4.74 Å². The molecule has 0 aliphatic rings. The molecular formula is C14H17NO4S. The van der Waals surface area contributed by atoms with Crippen LogP contribution in [0.25, 0.3) is 0 Å². The average molecular weight is 295 g/mol. The monoisotopic (exact) mass is 295 g/mol. The third-order valence-corrected chi connectivity index (χ3v) is 4.67.